The van der Waals surface area contributed by atoms with E-state index < -0.39 is 18.6 Å². The zero-order chi connectivity index (χ0) is 12.4. The fourth-order valence-electron chi connectivity index (χ4n) is 1.69. The third kappa shape index (κ3) is 2.38. The number of hydrogen-bond donors (Lipinski definition) is 3. The summed E-state index contributed by atoms with van der Waals surface area (Å²) >= 11 is 1.55. The van der Waals surface area contributed by atoms with Gasteiger partial charge in [-0.3, -0.25) is 10.1 Å². The van der Waals surface area contributed by atoms with Crippen molar-refractivity contribution in [3.05, 3.63) is 24.3 Å². The summed E-state index contributed by atoms with van der Waals surface area (Å²) in [7, 11) is 1.90. The first kappa shape index (κ1) is 12.2. The first-order chi connectivity index (χ1) is 8.13. The lowest BCUT2D eigenvalue weighted by molar-refractivity contribution is -0.140. The van der Waals surface area contributed by atoms with Crippen LogP contribution in [0.2, 0.25) is 0 Å². The molecule has 2 atom stereocenters. The van der Waals surface area contributed by atoms with Crippen molar-refractivity contribution in [1.29, 1.82) is 0 Å². The number of carboxylic acid groups (broad SMARTS) is 1. The number of aliphatic hydroxyl groups is 1. The van der Waals surface area contributed by atoms with Crippen molar-refractivity contribution >= 4 is 23.4 Å². The number of anilines is 1. The molecule has 0 fully saturated rings. The van der Waals surface area contributed by atoms with Gasteiger partial charge in [-0.05, 0) is 12.1 Å². The Hall–Kier alpha value is -1.24. The zero-order valence-electron chi connectivity index (χ0n) is 9.33. The lowest BCUT2D eigenvalue weighted by Gasteiger charge is -2.25. The highest BCUT2D eigenvalue weighted by molar-refractivity contribution is 8.00. The Bertz CT molecular complexity index is 427. The lowest BCUT2D eigenvalue weighted by atomic mass is 10.3. The van der Waals surface area contributed by atoms with E-state index in [0.717, 1.165) is 10.6 Å². The number of nitrogens with one attached hydrogen (secondary N) is 1. The molecule has 0 saturated carbocycles. The molecule has 2 unspecified atom stereocenters. The summed E-state index contributed by atoms with van der Waals surface area (Å²) in [5.41, 5.74) is 0.901. The van der Waals surface area contributed by atoms with Crippen LogP contribution in [0.1, 0.15) is 0 Å². The van der Waals surface area contributed by atoms with Crippen LogP contribution in [0.4, 0.5) is 5.69 Å². The Morgan fingerprint density at radius 3 is 2.88 bits per heavy atom. The highest BCUT2D eigenvalue weighted by Gasteiger charge is 2.30. The molecule has 5 nitrogen and oxygen atoms in total. The van der Waals surface area contributed by atoms with Crippen molar-refractivity contribution in [1.82, 2.24) is 5.32 Å². The molecule has 92 valence electrons. The molecule has 0 radical (unpaired) electrons. The topological polar surface area (TPSA) is 72.8 Å². The minimum atomic E-state index is -1.04. The van der Waals surface area contributed by atoms with Crippen LogP contribution < -0.4 is 10.2 Å². The number of aliphatic carboxylic acids is 1. The molecule has 1 aromatic rings. The van der Waals surface area contributed by atoms with E-state index in [1.165, 1.54) is 0 Å². The number of fused-ring (bicyclic) bond motifs is 1. The predicted octanol–water partition coefficient (Wildman–Crippen LogP) is 0.547. The number of benzene rings is 1. The molecule has 0 aliphatic carbocycles. The summed E-state index contributed by atoms with van der Waals surface area (Å²) in [4.78, 5) is 13.9. The van der Waals surface area contributed by atoms with Gasteiger partial charge < -0.3 is 15.1 Å². The van der Waals surface area contributed by atoms with E-state index in [2.05, 4.69) is 5.32 Å². The minimum absolute atomic E-state index is 0.166. The van der Waals surface area contributed by atoms with E-state index in [-0.39, 0.29) is 5.50 Å². The molecule has 1 aliphatic rings. The van der Waals surface area contributed by atoms with E-state index in [4.69, 9.17) is 10.2 Å². The van der Waals surface area contributed by atoms with Crippen molar-refractivity contribution < 1.29 is 15.0 Å². The van der Waals surface area contributed by atoms with Gasteiger partial charge in [-0.1, -0.05) is 23.9 Å². The fraction of sp³-hybridized carbons (Fsp3) is 0.364. The second kappa shape index (κ2) is 4.95. The molecular formula is C11H14N2O3S. The Kier molecular flexibility index (Phi) is 3.56. The first-order valence-electron chi connectivity index (χ1n) is 5.21. The molecule has 1 aromatic carbocycles. The quantitative estimate of drug-likeness (QED) is 0.728. The second-order valence-corrected chi connectivity index (χ2v) is 4.91. The molecule has 1 heterocycles. The summed E-state index contributed by atoms with van der Waals surface area (Å²) in [6.45, 7) is -0.420. The summed E-state index contributed by atoms with van der Waals surface area (Å²) < 4.78 is 0. The Morgan fingerprint density at radius 2 is 2.29 bits per heavy atom. The van der Waals surface area contributed by atoms with Gasteiger partial charge in [-0.15, -0.1) is 0 Å². The van der Waals surface area contributed by atoms with Gasteiger partial charge in [-0.25, -0.2) is 0 Å². The average molecular weight is 254 g/mol. The zero-order valence-corrected chi connectivity index (χ0v) is 10.1. The summed E-state index contributed by atoms with van der Waals surface area (Å²) in [5.74, 6) is -1.04. The van der Waals surface area contributed by atoms with Gasteiger partial charge in [0, 0.05) is 11.9 Å². The molecule has 3 N–H and O–H groups in total. The second-order valence-electron chi connectivity index (χ2n) is 3.79. The molecular weight excluding hydrogens is 240 g/mol. The minimum Gasteiger partial charge on any atom is -0.480 e. The smallest absolute Gasteiger partial charge is 0.323 e. The third-order valence-electron chi connectivity index (χ3n) is 2.66. The van der Waals surface area contributed by atoms with Crippen molar-refractivity contribution in [2.45, 2.75) is 16.4 Å². The Labute approximate surface area is 103 Å². The van der Waals surface area contributed by atoms with Crippen LogP contribution in [0.3, 0.4) is 0 Å². The molecule has 0 amide bonds. The van der Waals surface area contributed by atoms with Crippen LogP contribution in [0, 0.1) is 0 Å². The van der Waals surface area contributed by atoms with Crippen molar-refractivity contribution in [2.75, 3.05) is 18.6 Å². The largest absolute Gasteiger partial charge is 0.480 e. The van der Waals surface area contributed by atoms with E-state index in [1.807, 2.05) is 36.2 Å². The van der Waals surface area contributed by atoms with E-state index in [9.17, 15) is 4.79 Å². The van der Waals surface area contributed by atoms with Gasteiger partial charge in [0.05, 0.1) is 12.3 Å². The lowest BCUT2D eigenvalue weighted by Crippen LogP contribution is -2.49. The SMILES string of the molecule is CN1c2ccccc2SC1NC(CO)C(=O)O. The van der Waals surface area contributed by atoms with Gasteiger partial charge in [0.1, 0.15) is 11.5 Å². The van der Waals surface area contributed by atoms with Gasteiger partial charge in [0.2, 0.25) is 0 Å². The molecule has 6 heteroatoms. The molecule has 0 bridgehead atoms. The molecule has 0 aromatic heterocycles. The van der Waals surface area contributed by atoms with Crippen molar-refractivity contribution in [2.24, 2.45) is 0 Å². The van der Waals surface area contributed by atoms with Crippen LogP contribution in [0.25, 0.3) is 0 Å². The highest BCUT2D eigenvalue weighted by Crippen LogP contribution is 2.40. The Morgan fingerprint density at radius 1 is 1.59 bits per heavy atom. The number of carbonyl (C=O) groups is 1. The van der Waals surface area contributed by atoms with Crippen LogP contribution in [0.15, 0.2) is 29.2 Å². The third-order valence-corrected chi connectivity index (χ3v) is 3.93. The van der Waals surface area contributed by atoms with Gasteiger partial charge in [0.25, 0.3) is 0 Å². The van der Waals surface area contributed by atoms with Crippen LogP contribution in [-0.4, -0.2) is 41.4 Å². The van der Waals surface area contributed by atoms with Gasteiger partial charge >= 0.3 is 5.97 Å². The maximum atomic E-state index is 10.8. The van der Waals surface area contributed by atoms with Gasteiger partial charge in [-0.2, -0.15) is 0 Å². The molecule has 17 heavy (non-hydrogen) atoms. The number of thioether (sulfide) groups is 1. The number of rotatable bonds is 4. The van der Waals surface area contributed by atoms with E-state index in [1.54, 1.807) is 11.8 Å². The molecule has 0 saturated heterocycles. The van der Waals surface area contributed by atoms with Crippen LogP contribution in [-0.2, 0) is 4.79 Å². The van der Waals surface area contributed by atoms with E-state index in [0.29, 0.717) is 0 Å². The molecule has 0 spiro atoms. The summed E-state index contributed by atoms with van der Waals surface area (Å²) in [6.07, 6.45) is 0. The summed E-state index contributed by atoms with van der Waals surface area (Å²) in [6, 6.07) is 6.93. The summed E-state index contributed by atoms with van der Waals surface area (Å²) in [5, 5.41) is 20.8. The number of carboxylic acids is 1. The van der Waals surface area contributed by atoms with Crippen molar-refractivity contribution in [3.8, 4) is 0 Å². The maximum Gasteiger partial charge on any atom is 0.323 e. The van der Waals surface area contributed by atoms with E-state index >= 15 is 0 Å². The Balaban J connectivity index is 2.09. The number of para-hydroxylation sites is 1. The number of aliphatic hydroxyl groups excluding tert-OH is 1. The average Bonchev–Trinajstić information content (AvgIpc) is 2.63. The first-order valence-corrected chi connectivity index (χ1v) is 6.09. The van der Waals surface area contributed by atoms with Crippen LogP contribution in [0.5, 0.6) is 0 Å². The molecule has 2 rings (SSSR count). The molecule has 1 aliphatic heterocycles. The normalized spacial score (nSPS) is 20.1. The van der Waals surface area contributed by atoms with Crippen LogP contribution >= 0.6 is 11.8 Å². The predicted molar refractivity (Wildman–Crippen MR) is 66.1 cm³/mol. The fourth-order valence-corrected chi connectivity index (χ4v) is 2.93. The standard InChI is InChI=1S/C11H14N2O3S/c1-13-8-4-2-3-5-9(8)17-11(13)12-7(6-14)10(15)16/h2-5,7,11-12,14H,6H2,1H3,(H,15,16). The number of hydrogen-bond acceptors (Lipinski definition) is 5. The van der Waals surface area contributed by atoms with Crippen molar-refractivity contribution in [3.63, 3.8) is 0 Å². The number of nitrogens with zero attached hydrogens (tertiary/aromatic N) is 1. The maximum absolute atomic E-state index is 10.8. The van der Waals surface area contributed by atoms with Gasteiger partial charge in [0.15, 0.2) is 0 Å². The highest BCUT2D eigenvalue weighted by atomic mass is 32.2. The monoisotopic (exact) mass is 254 g/mol.